The fourth-order valence-electron chi connectivity index (χ4n) is 1.81. The van der Waals surface area contributed by atoms with Gasteiger partial charge in [0.05, 0.1) is 6.10 Å². The largest absolute Gasteiger partial charge is 0.392 e. The van der Waals surface area contributed by atoms with Gasteiger partial charge in [0.2, 0.25) is 17.8 Å². The molecule has 1 aromatic rings. The fraction of sp³-hybridized carbons (Fsp3) is 0.700. The van der Waals surface area contributed by atoms with Gasteiger partial charge in [-0.3, -0.25) is 5.43 Å². The van der Waals surface area contributed by atoms with Crippen molar-refractivity contribution < 1.29 is 5.11 Å². The van der Waals surface area contributed by atoms with Crippen LogP contribution in [0.1, 0.15) is 19.8 Å². The molecule has 2 rings (SSSR count). The van der Waals surface area contributed by atoms with Gasteiger partial charge in [-0.15, -0.1) is 0 Å². The number of hydrogen-bond acceptors (Lipinski definition) is 8. The standard InChI is InChI=1S/C10H19N7O/c1-7(18)6-12-8-13-9(16-11)15-10(14-8)17-4-2-3-5-17/h7,18H,2-6,11H2,1H3,(H2,12,13,14,15,16). The Kier molecular flexibility index (Phi) is 4.11. The summed E-state index contributed by atoms with van der Waals surface area (Å²) < 4.78 is 0. The summed E-state index contributed by atoms with van der Waals surface area (Å²) in [5.41, 5.74) is 2.43. The zero-order chi connectivity index (χ0) is 13.0. The van der Waals surface area contributed by atoms with Gasteiger partial charge >= 0.3 is 0 Å². The second-order valence-corrected chi connectivity index (χ2v) is 4.35. The molecule has 0 aromatic carbocycles. The van der Waals surface area contributed by atoms with Gasteiger partial charge in [0, 0.05) is 19.6 Å². The molecular weight excluding hydrogens is 234 g/mol. The number of aliphatic hydroxyl groups is 1. The van der Waals surface area contributed by atoms with Crippen molar-refractivity contribution in [3.05, 3.63) is 0 Å². The van der Waals surface area contributed by atoms with Gasteiger partial charge in [-0.05, 0) is 19.8 Å². The Morgan fingerprint density at radius 1 is 1.28 bits per heavy atom. The molecule has 0 bridgehead atoms. The van der Waals surface area contributed by atoms with Crippen LogP contribution in [-0.2, 0) is 0 Å². The van der Waals surface area contributed by atoms with Crippen molar-refractivity contribution in [3.63, 3.8) is 0 Å². The third-order valence-corrected chi connectivity index (χ3v) is 2.70. The molecule has 0 aliphatic carbocycles. The van der Waals surface area contributed by atoms with Gasteiger partial charge in [0.1, 0.15) is 0 Å². The number of nitrogens with one attached hydrogen (secondary N) is 2. The summed E-state index contributed by atoms with van der Waals surface area (Å²) in [5, 5.41) is 12.2. The van der Waals surface area contributed by atoms with E-state index in [-0.39, 0.29) is 0 Å². The first kappa shape index (κ1) is 12.8. The molecule has 0 amide bonds. The van der Waals surface area contributed by atoms with Gasteiger partial charge in [-0.25, -0.2) is 5.84 Å². The monoisotopic (exact) mass is 253 g/mol. The number of rotatable bonds is 5. The summed E-state index contributed by atoms with van der Waals surface area (Å²) in [6.07, 6.45) is 1.83. The SMILES string of the molecule is CC(O)CNc1nc(NN)nc(N2CCCC2)n1. The van der Waals surface area contributed by atoms with Crippen molar-refractivity contribution in [3.8, 4) is 0 Å². The molecule has 5 N–H and O–H groups in total. The average molecular weight is 253 g/mol. The summed E-state index contributed by atoms with van der Waals surface area (Å²) in [6.45, 7) is 3.97. The Hall–Kier alpha value is -1.67. The number of aromatic nitrogens is 3. The van der Waals surface area contributed by atoms with E-state index in [9.17, 15) is 5.11 Å². The lowest BCUT2D eigenvalue weighted by atomic mass is 10.4. The zero-order valence-corrected chi connectivity index (χ0v) is 10.4. The molecule has 2 heterocycles. The van der Waals surface area contributed by atoms with Crippen molar-refractivity contribution >= 4 is 17.8 Å². The number of nitrogens with zero attached hydrogens (tertiary/aromatic N) is 4. The number of aliphatic hydroxyl groups excluding tert-OH is 1. The Balaban J connectivity index is 2.15. The first-order valence-corrected chi connectivity index (χ1v) is 6.08. The highest BCUT2D eigenvalue weighted by atomic mass is 16.3. The van der Waals surface area contributed by atoms with Crippen molar-refractivity contribution in [2.45, 2.75) is 25.9 Å². The van der Waals surface area contributed by atoms with Crippen LogP contribution in [0.3, 0.4) is 0 Å². The molecule has 18 heavy (non-hydrogen) atoms. The van der Waals surface area contributed by atoms with Crippen molar-refractivity contribution in [1.29, 1.82) is 0 Å². The fourth-order valence-corrected chi connectivity index (χ4v) is 1.81. The minimum atomic E-state index is -0.466. The van der Waals surface area contributed by atoms with Crippen molar-refractivity contribution in [1.82, 2.24) is 15.0 Å². The van der Waals surface area contributed by atoms with Crippen LogP contribution in [0, 0.1) is 0 Å². The van der Waals surface area contributed by atoms with E-state index in [0.717, 1.165) is 25.9 Å². The normalized spacial score (nSPS) is 16.7. The van der Waals surface area contributed by atoms with Crippen LogP contribution in [0.25, 0.3) is 0 Å². The molecule has 1 saturated heterocycles. The van der Waals surface area contributed by atoms with E-state index in [2.05, 4.69) is 30.6 Å². The van der Waals surface area contributed by atoms with Gasteiger partial charge in [0.15, 0.2) is 0 Å². The summed E-state index contributed by atoms with van der Waals surface area (Å²) in [6, 6.07) is 0. The Labute approximate surface area is 106 Å². The van der Waals surface area contributed by atoms with Crippen molar-refractivity contribution in [2.75, 3.05) is 35.3 Å². The molecule has 1 atom stereocenters. The van der Waals surface area contributed by atoms with Crippen LogP contribution < -0.4 is 21.5 Å². The molecule has 1 aliphatic heterocycles. The highest BCUT2D eigenvalue weighted by Crippen LogP contribution is 2.18. The molecule has 8 nitrogen and oxygen atoms in total. The van der Waals surface area contributed by atoms with E-state index in [1.807, 2.05) is 0 Å². The quantitative estimate of drug-likeness (QED) is 0.412. The molecule has 0 saturated carbocycles. The maximum atomic E-state index is 9.24. The van der Waals surface area contributed by atoms with Crippen LogP contribution in [-0.4, -0.2) is 45.8 Å². The summed E-state index contributed by atoms with van der Waals surface area (Å²) >= 11 is 0. The number of hydrazine groups is 1. The molecule has 1 aromatic heterocycles. The Morgan fingerprint density at radius 3 is 2.56 bits per heavy atom. The highest BCUT2D eigenvalue weighted by Gasteiger charge is 2.17. The third kappa shape index (κ3) is 3.17. The molecule has 8 heteroatoms. The van der Waals surface area contributed by atoms with E-state index >= 15 is 0 Å². The molecule has 100 valence electrons. The highest BCUT2D eigenvalue weighted by molar-refractivity contribution is 5.43. The van der Waals surface area contributed by atoms with Gasteiger partial charge in [-0.2, -0.15) is 15.0 Å². The van der Waals surface area contributed by atoms with Crippen LogP contribution in [0.15, 0.2) is 0 Å². The second-order valence-electron chi connectivity index (χ2n) is 4.35. The first-order valence-electron chi connectivity index (χ1n) is 6.08. The predicted molar refractivity (Wildman–Crippen MR) is 69.3 cm³/mol. The zero-order valence-electron chi connectivity index (χ0n) is 10.4. The molecule has 0 spiro atoms. The summed E-state index contributed by atoms with van der Waals surface area (Å²) in [7, 11) is 0. The van der Waals surface area contributed by atoms with Crippen LogP contribution in [0.5, 0.6) is 0 Å². The Bertz CT molecular complexity index is 392. The van der Waals surface area contributed by atoms with Gasteiger partial charge in [0.25, 0.3) is 0 Å². The van der Waals surface area contributed by atoms with Crippen LogP contribution in [0.4, 0.5) is 17.8 Å². The third-order valence-electron chi connectivity index (χ3n) is 2.70. The van der Waals surface area contributed by atoms with Crippen molar-refractivity contribution in [2.24, 2.45) is 5.84 Å². The molecule has 1 fully saturated rings. The van der Waals surface area contributed by atoms with Gasteiger partial charge in [-0.1, -0.05) is 0 Å². The molecular formula is C10H19N7O. The predicted octanol–water partition coefficient (Wildman–Crippen LogP) is -0.450. The van der Waals surface area contributed by atoms with Crippen LogP contribution >= 0.6 is 0 Å². The lowest BCUT2D eigenvalue weighted by Gasteiger charge is -2.16. The average Bonchev–Trinajstić information content (AvgIpc) is 2.89. The number of nitrogen functional groups attached to an aromatic ring is 1. The Morgan fingerprint density at radius 2 is 1.94 bits per heavy atom. The maximum Gasteiger partial charge on any atom is 0.243 e. The van der Waals surface area contributed by atoms with Crippen LogP contribution in [0.2, 0.25) is 0 Å². The molecule has 1 unspecified atom stereocenters. The van der Waals surface area contributed by atoms with E-state index < -0.39 is 6.10 Å². The van der Waals surface area contributed by atoms with Gasteiger partial charge < -0.3 is 15.3 Å². The topological polar surface area (TPSA) is 112 Å². The van der Waals surface area contributed by atoms with E-state index in [4.69, 9.17) is 5.84 Å². The maximum absolute atomic E-state index is 9.24. The molecule has 0 radical (unpaired) electrons. The lowest BCUT2D eigenvalue weighted by Crippen LogP contribution is -2.24. The number of anilines is 3. The minimum Gasteiger partial charge on any atom is -0.392 e. The minimum absolute atomic E-state index is 0.319. The lowest BCUT2D eigenvalue weighted by molar-refractivity contribution is 0.208. The number of hydrogen-bond donors (Lipinski definition) is 4. The number of nitrogens with two attached hydrogens (primary N) is 1. The van der Waals surface area contributed by atoms with E-state index in [1.165, 1.54) is 0 Å². The second kappa shape index (κ2) is 5.78. The smallest absolute Gasteiger partial charge is 0.243 e. The molecule has 1 aliphatic rings. The van der Waals surface area contributed by atoms with E-state index in [0.29, 0.717) is 24.4 Å². The summed E-state index contributed by atoms with van der Waals surface area (Å²) in [4.78, 5) is 14.7. The van der Waals surface area contributed by atoms with E-state index in [1.54, 1.807) is 6.92 Å². The summed E-state index contributed by atoms with van der Waals surface area (Å²) in [5.74, 6) is 6.69. The first-order chi connectivity index (χ1) is 8.69.